The molecule has 0 aromatic heterocycles. The molecule has 3 atom stereocenters. The third kappa shape index (κ3) is 3.48. The van der Waals surface area contributed by atoms with Gasteiger partial charge in [0.25, 0.3) is 0 Å². The summed E-state index contributed by atoms with van der Waals surface area (Å²) < 4.78 is 7.07. The molecule has 112 valence electrons. The van der Waals surface area contributed by atoms with Crippen LogP contribution in [0.5, 0.6) is 0 Å². The smallest absolute Gasteiger partial charge is 0.408 e. The van der Waals surface area contributed by atoms with Crippen LogP contribution in [-0.4, -0.2) is 40.2 Å². The molecule has 2 aliphatic rings. The molecule has 5 nitrogen and oxygen atoms in total. The van der Waals surface area contributed by atoms with E-state index < -0.39 is 5.60 Å². The summed E-state index contributed by atoms with van der Waals surface area (Å²) in [6.45, 7) is 5.53. The Kier molecular flexibility index (Phi) is 4.32. The second-order valence-corrected chi connectivity index (χ2v) is 6.97. The molecular weight excluding hydrogens is 276 g/mol. The first-order valence-electron chi connectivity index (χ1n) is 6.84. The fourth-order valence-electron chi connectivity index (χ4n) is 2.57. The molecule has 6 heteroatoms. The van der Waals surface area contributed by atoms with Crippen molar-refractivity contribution < 1.29 is 14.3 Å². The molecular formula is C14H22N2O3S. The predicted molar refractivity (Wildman–Crippen MR) is 79.2 cm³/mol. The summed E-state index contributed by atoms with van der Waals surface area (Å²) in [6, 6.07) is 0.258. The van der Waals surface area contributed by atoms with E-state index in [-0.39, 0.29) is 24.1 Å². The number of β-lactam (4-membered cyclic amide) rings is 1. The van der Waals surface area contributed by atoms with Gasteiger partial charge in [-0.1, -0.05) is 24.1 Å². The topological polar surface area (TPSA) is 58.6 Å². The van der Waals surface area contributed by atoms with Gasteiger partial charge in [-0.25, -0.2) is 4.79 Å². The van der Waals surface area contributed by atoms with Crippen LogP contribution in [0, 0.1) is 5.92 Å². The van der Waals surface area contributed by atoms with Gasteiger partial charge in [-0.2, -0.15) is 0 Å². The molecule has 0 spiro atoms. The van der Waals surface area contributed by atoms with Crippen molar-refractivity contribution in [2.24, 2.45) is 5.92 Å². The number of carbonyl (C=O) groups is 2. The highest BCUT2D eigenvalue weighted by atomic mass is 32.2. The number of ether oxygens (including phenoxy) is 1. The van der Waals surface area contributed by atoms with Gasteiger partial charge < -0.3 is 10.1 Å². The van der Waals surface area contributed by atoms with Crippen LogP contribution >= 0.6 is 11.9 Å². The van der Waals surface area contributed by atoms with Crippen molar-refractivity contribution in [3.8, 4) is 0 Å². The lowest BCUT2D eigenvalue weighted by molar-refractivity contribution is -0.138. The van der Waals surface area contributed by atoms with E-state index in [1.165, 1.54) is 11.9 Å². The Morgan fingerprint density at radius 2 is 2.15 bits per heavy atom. The zero-order valence-corrected chi connectivity index (χ0v) is 13.2. The fourth-order valence-corrected chi connectivity index (χ4v) is 3.35. The SMILES string of the molecule is CSN1C(=O)C[C@H]1[C@@H]1C=C[C@H](NC(=O)OC(C)(C)C)C1. The van der Waals surface area contributed by atoms with Gasteiger partial charge >= 0.3 is 6.09 Å². The first-order valence-corrected chi connectivity index (χ1v) is 8.02. The van der Waals surface area contributed by atoms with Gasteiger partial charge in [-0.15, -0.1) is 0 Å². The van der Waals surface area contributed by atoms with E-state index in [4.69, 9.17) is 4.74 Å². The van der Waals surface area contributed by atoms with E-state index in [0.717, 1.165) is 6.42 Å². The number of carbonyl (C=O) groups excluding carboxylic acids is 2. The predicted octanol–water partition coefficient (Wildman–Crippen LogP) is 2.33. The highest BCUT2D eigenvalue weighted by Gasteiger charge is 2.42. The third-order valence-electron chi connectivity index (χ3n) is 3.44. The third-order valence-corrected chi connectivity index (χ3v) is 4.31. The Morgan fingerprint density at radius 1 is 1.45 bits per heavy atom. The zero-order chi connectivity index (χ0) is 14.9. The lowest BCUT2D eigenvalue weighted by atomic mass is 9.90. The van der Waals surface area contributed by atoms with Crippen molar-refractivity contribution in [3.63, 3.8) is 0 Å². The second kappa shape index (κ2) is 5.68. The molecule has 2 amide bonds. The summed E-state index contributed by atoms with van der Waals surface area (Å²) in [5.41, 5.74) is -0.484. The molecule has 1 fully saturated rings. The highest BCUT2D eigenvalue weighted by molar-refractivity contribution is 7.96. The van der Waals surface area contributed by atoms with Crippen LogP contribution in [0.3, 0.4) is 0 Å². The Balaban J connectivity index is 1.81. The summed E-state index contributed by atoms with van der Waals surface area (Å²) in [7, 11) is 0. The number of nitrogens with one attached hydrogen (secondary N) is 1. The molecule has 0 bridgehead atoms. The highest BCUT2D eigenvalue weighted by Crippen LogP contribution is 2.36. The van der Waals surface area contributed by atoms with Crippen LogP contribution in [0.4, 0.5) is 4.79 Å². The molecule has 1 aliphatic carbocycles. The monoisotopic (exact) mass is 298 g/mol. The largest absolute Gasteiger partial charge is 0.444 e. The number of nitrogens with zero attached hydrogens (tertiary/aromatic N) is 1. The Hall–Kier alpha value is -1.17. The summed E-state index contributed by atoms with van der Waals surface area (Å²) >= 11 is 1.48. The lowest BCUT2D eigenvalue weighted by Crippen LogP contribution is -2.51. The minimum absolute atomic E-state index is 0.00532. The average Bonchev–Trinajstić information content (AvgIpc) is 2.71. The van der Waals surface area contributed by atoms with Crippen LogP contribution < -0.4 is 5.32 Å². The van der Waals surface area contributed by atoms with E-state index in [2.05, 4.69) is 11.4 Å². The molecule has 1 heterocycles. The van der Waals surface area contributed by atoms with Gasteiger partial charge in [0, 0.05) is 18.6 Å². The van der Waals surface area contributed by atoms with Crippen molar-refractivity contribution in [2.45, 2.75) is 51.3 Å². The van der Waals surface area contributed by atoms with E-state index in [1.807, 2.05) is 37.4 Å². The summed E-state index contributed by atoms with van der Waals surface area (Å²) in [5, 5.41) is 2.85. The molecule has 0 radical (unpaired) electrons. The quantitative estimate of drug-likeness (QED) is 0.493. The maximum absolute atomic E-state index is 11.7. The normalized spacial score (nSPS) is 29.3. The molecule has 1 N–H and O–H groups in total. The molecule has 0 aromatic carbocycles. The van der Waals surface area contributed by atoms with Crippen LogP contribution in [0.2, 0.25) is 0 Å². The van der Waals surface area contributed by atoms with Crippen LogP contribution in [0.25, 0.3) is 0 Å². The first-order chi connectivity index (χ1) is 9.30. The first kappa shape index (κ1) is 15.2. The maximum atomic E-state index is 11.7. The number of amides is 2. The fraction of sp³-hybridized carbons (Fsp3) is 0.714. The molecule has 1 aliphatic heterocycles. The van der Waals surface area contributed by atoms with Crippen LogP contribution in [-0.2, 0) is 9.53 Å². The van der Waals surface area contributed by atoms with Crippen molar-refractivity contribution in [3.05, 3.63) is 12.2 Å². The maximum Gasteiger partial charge on any atom is 0.408 e. The van der Waals surface area contributed by atoms with Gasteiger partial charge in [-0.3, -0.25) is 9.10 Å². The summed E-state index contributed by atoms with van der Waals surface area (Å²) in [4.78, 5) is 23.1. The molecule has 2 rings (SSSR count). The number of hydrogen-bond acceptors (Lipinski definition) is 4. The van der Waals surface area contributed by atoms with Crippen molar-refractivity contribution >= 4 is 23.9 Å². The van der Waals surface area contributed by atoms with E-state index in [0.29, 0.717) is 12.3 Å². The number of alkyl carbamates (subject to hydrolysis) is 1. The minimum Gasteiger partial charge on any atom is -0.444 e. The van der Waals surface area contributed by atoms with Gasteiger partial charge in [0.05, 0.1) is 12.1 Å². The molecule has 1 saturated heterocycles. The molecule has 20 heavy (non-hydrogen) atoms. The standard InChI is InChI=1S/C14H22N2O3S/c1-14(2,3)19-13(18)15-10-6-5-9(7-10)11-8-12(17)16(11)20-4/h5-6,9-11H,7-8H2,1-4H3,(H,15,18)/t9-,10+,11+/m1/s1. The van der Waals surface area contributed by atoms with Crippen molar-refractivity contribution in [2.75, 3.05) is 6.26 Å². The zero-order valence-electron chi connectivity index (χ0n) is 12.4. The molecule has 0 saturated carbocycles. The number of rotatable bonds is 3. The van der Waals surface area contributed by atoms with Gasteiger partial charge in [-0.05, 0) is 27.2 Å². The van der Waals surface area contributed by atoms with Gasteiger partial charge in [0.1, 0.15) is 5.60 Å². The minimum atomic E-state index is -0.484. The Labute approximate surface area is 124 Å². The summed E-state index contributed by atoms with van der Waals surface area (Å²) in [6.07, 6.45) is 7.06. The van der Waals surface area contributed by atoms with Crippen molar-refractivity contribution in [1.82, 2.24) is 9.62 Å². The Bertz CT molecular complexity index is 431. The van der Waals surface area contributed by atoms with Crippen LogP contribution in [0.15, 0.2) is 12.2 Å². The lowest BCUT2D eigenvalue weighted by Gasteiger charge is -2.41. The molecule has 0 unspecified atom stereocenters. The van der Waals surface area contributed by atoms with Gasteiger partial charge in [0.2, 0.25) is 5.91 Å². The van der Waals surface area contributed by atoms with Crippen molar-refractivity contribution in [1.29, 1.82) is 0 Å². The number of hydrogen-bond donors (Lipinski definition) is 1. The average molecular weight is 298 g/mol. The van der Waals surface area contributed by atoms with Crippen LogP contribution in [0.1, 0.15) is 33.6 Å². The van der Waals surface area contributed by atoms with E-state index >= 15 is 0 Å². The van der Waals surface area contributed by atoms with E-state index in [9.17, 15) is 9.59 Å². The Morgan fingerprint density at radius 3 is 2.70 bits per heavy atom. The van der Waals surface area contributed by atoms with Gasteiger partial charge in [0.15, 0.2) is 0 Å². The molecule has 0 aromatic rings. The summed E-state index contributed by atoms with van der Waals surface area (Å²) in [5.74, 6) is 0.513. The van der Waals surface area contributed by atoms with E-state index in [1.54, 1.807) is 0 Å². The second-order valence-electron chi connectivity index (χ2n) is 6.21.